The van der Waals surface area contributed by atoms with Gasteiger partial charge >= 0.3 is 0 Å². The highest BCUT2D eigenvalue weighted by Crippen LogP contribution is 2.30. The number of hydrazine groups is 1. The van der Waals surface area contributed by atoms with Crippen LogP contribution in [0.3, 0.4) is 0 Å². The van der Waals surface area contributed by atoms with Crippen LogP contribution < -0.4 is 16.0 Å². The number of anilines is 1. The highest BCUT2D eigenvalue weighted by Gasteiger charge is 2.11. The van der Waals surface area contributed by atoms with Crippen LogP contribution in [-0.2, 0) is 0 Å². The molecule has 2 rings (SSSR count). The van der Waals surface area contributed by atoms with Crippen LogP contribution >= 0.6 is 12.4 Å². The Bertz CT molecular complexity index is 597. The molecule has 2 aromatic carbocycles. The lowest BCUT2D eigenvalue weighted by molar-refractivity contribution is 0.416. The number of benzene rings is 2. The largest absolute Gasteiger partial charge is 0.454 e. The van der Waals surface area contributed by atoms with E-state index in [0.717, 1.165) is 22.9 Å². The van der Waals surface area contributed by atoms with Gasteiger partial charge in [0.05, 0.1) is 5.69 Å². The van der Waals surface area contributed by atoms with E-state index in [1.54, 1.807) is 12.1 Å². The number of hydrogen-bond acceptors (Lipinski definition) is 3. The first-order valence-corrected chi connectivity index (χ1v) is 5.72. The number of ether oxygens (including phenoxy) is 1. The van der Waals surface area contributed by atoms with Gasteiger partial charge in [0.25, 0.3) is 0 Å². The van der Waals surface area contributed by atoms with Crippen LogP contribution in [0.4, 0.5) is 14.5 Å². The molecular formula is C14H15ClF2N2O. The van der Waals surface area contributed by atoms with Crippen LogP contribution in [0, 0.1) is 25.5 Å². The van der Waals surface area contributed by atoms with Crippen molar-refractivity contribution in [3.63, 3.8) is 0 Å². The minimum Gasteiger partial charge on any atom is -0.454 e. The van der Waals surface area contributed by atoms with Gasteiger partial charge in [0.1, 0.15) is 5.75 Å². The number of nitrogens with two attached hydrogens (primary N) is 1. The first kappa shape index (κ1) is 16.2. The van der Waals surface area contributed by atoms with E-state index in [1.165, 1.54) is 12.1 Å². The summed E-state index contributed by atoms with van der Waals surface area (Å²) in [6, 6.07) is 7.21. The SMILES string of the molecule is Cc1cc(Oc2cccc(F)c2F)cc(C)c1NN.Cl. The van der Waals surface area contributed by atoms with Gasteiger partial charge in [0, 0.05) is 0 Å². The maximum absolute atomic E-state index is 13.5. The molecule has 0 radical (unpaired) electrons. The van der Waals surface area contributed by atoms with E-state index in [0.29, 0.717) is 5.75 Å². The van der Waals surface area contributed by atoms with Crippen LogP contribution in [0.1, 0.15) is 11.1 Å². The summed E-state index contributed by atoms with van der Waals surface area (Å²) in [7, 11) is 0. The second-order valence-electron chi connectivity index (χ2n) is 4.23. The van der Waals surface area contributed by atoms with Gasteiger partial charge in [0.2, 0.25) is 5.82 Å². The van der Waals surface area contributed by atoms with Gasteiger partial charge in [-0.2, -0.15) is 4.39 Å². The van der Waals surface area contributed by atoms with E-state index in [2.05, 4.69) is 5.43 Å². The van der Waals surface area contributed by atoms with Crippen molar-refractivity contribution >= 4 is 18.1 Å². The molecule has 0 spiro atoms. The molecule has 0 aliphatic rings. The molecule has 6 heteroatoms. The Morgan fingerprint density at radius 2 is 1.70 bits per heavy atom. The van der Waals surface area contributed by atoms with E-state index in [9.17, 15) is 8.78 Å². The minimum atomic E-state index is -1.00. The Labute approximate surface area is 122 Å². The van der Waals surface area contributed by atoms with Gasteiger partial charge in [-0.1, -0.05) is 6.07 Å². The van der Waals surface area contributed by atoms with Crippen molar-refractivity contribution in [1.29, 1.82) is 0 Å². The second-order valence-corrected chi connectivity index (χ2v) is 4.23. The zero-order valence-electron chi connectivity index (χ0n) is 11.0. The van der Waals surface area contributed by atoms with E-state index in [1.807, 2.05) is 13.8 Å². The predicted molar refractivity (Wildman–Crippen MR) is 77.4 cm³/mol. The normalized spacial score (nSPS) is 9.85. The molecule has 108 valence electrons. The molecule has 0 amide bonds. The molecule has 2 aromatic rings. The van der Waals surface area contributed by atoms with Crippen molar-refractivity contribution in [3.8, 4) is 11.5 Å². The first-order chi connectivity index (χ1) is 9.02. The fourth-order valence-electron chi connectivity index (χ4n) is 1.90. The summed E-state index contributed by atoms with van der Waals surface area (Å²) in [5.41, 5.74) is 5.08. The third-order valence-corrected chi connectivity index (χ3v) is 2.79. The minimum absolute atomic E-state index is 0. The van der Waals surface area contributed by atoms with Crippen molar-refractivity contribution in [2.45, 2.75) is 13.8 Å². The van der Waals surface area contributed by atoms with Gasteiger partial charge in [-0.25, -0.2) is 4.39 Å². The molecule has 0 fully saturated rings. The maximum Gasteiger partial charge on any atom is 0.201 e. The second kappa shape index (κ2) is 6.54. The molecule has 3 N–H and O–H groups in total. The summed E-state index contributed by atoms with van der Waals surface area (Å²) in [4.78, 5) is 0. The fraction of sp³-hybridized carbons (Fsp3) is 0.143. The van der Waals surface area contributed by atoms with E-state index in [4.69, 9.17) is 10.6 Å². The van der Waals surface area contributed by atoms with Crippen molar-refractivity contribution < 1.29 is 13.5 Å². The number of hydrogen-bond donors (Lipinski definition) is 2. The molecule has 0 aromatic heterocycles. The van der Waals surface area contributed by atoms with E-state index >= 15 is 0 Å². The lowest BCUT2D eigenvalue weighted by Crippen LogP contribution is -2.09. The summed E-state index contributed by atoms with van der Waals surface area (Å²) in [5.74, 6) is 3.74. The molecule has 0 heterocycles. The number of nitrogen functional groups attached to an aromatic ring is 1. The molecule has 0 aliphatic carbocycles. The van der Waals surface area contributed by atoms with Gasteiger partial charge in [-0.05, 0) is 49.2 Å². The topological polar surface area (TPSA) is 47.3 Å². The highest BCUT2D eigenvalue weighted by atomic mass is 35.5. The Hall–Kier alpha value is -1.85. The predicted octanol–water partition coefficient (Wildman–Crippen LogP) is 4.08. The summed E-state index contributed by atoms with van der Waals surface area (Å²) in [5, 5.41) is 0. The summed E-state index contributed by atoms with van der Waals surface area (Å²) < 4.78 is 31.9. The number of rotatable bonds is 3. The van der Waals surface area contributed by atoms with Crippen molar-refractivity contribution in [3.05, 3.63) is 53.1 Å². The third kappa shape index (κ3) is 3.18. The maximum atomic E-state index is 13.5. The lowest BCUT2D eigenvalue weighted by Gasteiger charge is -2.13. The van der Waals surface area contributed by atoms with Gasteiger partial charge in [0.15, 0.2) is 11.6 Å². The van der Waals surface area contributed by atoms with Gasteiger partial charge in [-0.15, -0.1) is 12.4 Å². The van der Waals surface area contributed by atoms with Crippen molar-refractivity contribution in [1.82, 2.24) is 0 Å². The smallest absolute Gasteiger partial charge is 0.201 e. The summed E-state index contributed by atoms with van der Waals surface area (Å²) in [6.07, 6.45) is 0. The van der Waals surface area contributed by atoms with Crippen molar-refractivity contribution in [2.75, 3.05) is 5.43 Å². The molecule has 3 nitrogen and oxygen atoms in total. The molecule has 0 saturated heterocycles. The number of aryl methyl sites for hydroxylation is 2. The molecule has 0 aliphatic heterocycles. The lowest BCUT2D eigenvalue weighted by atomic mass is 10.1. The Morgan fingerprint density at radius 3 is 2.25 bits per heavy atom. The monoisotopic (exact) mass is 300 g/mol. The van der Waals surface area contributed by atoms with E-state index in [-0.39, 0.29) is 18.2 Å². The molecule has 0 saturated carbocycles. The summed E-state index contributed by atoms with van der Waals surface area (Å²) in [6.45, 7) is 3.69. The zero-order chi connectivity index (χ0) is 14.0. The summed E-state index contributed by atoms with van der Waals surface area (Å²) >= 11 is 0. The number of halogens is 3. The van der Waals surface area contributed by atoms with Crippen LogP contribution in [0.15, 0.2) is 30.3 Å². The van der Waals surface area contributed by atoms with Crippen LogP contribution in [0.5, 0.6) is 11.5 Å². The quantitative estimate of drug-likeness (QED) is 0.663. The van der Waals surface area contributed by atoms with Crippen LogP contribution in [-0.4, -0.2) is 0 Å². The van der Waals surface area contributed by atoms with Crippen LogP contribution in [0.25, 0.3) is 0 Å². The average molecular weight is 301 g/mol. The first-order valence-electron chi connectivity index (χ1n) is 5.72. The fourth-order valence-corrected chi connectivity index (χ4v) is 1.90. The Balaban J connectivity index is 0.00000200. The number of nitrogens with one attached hydrogen (secondary N) is 1. The zero-order valence-corrected chi connectivity index (χ0v) is 11.9. The highest BCUT2D eigenvalue weighted by molar-refractivity contribution is 5.85. The van der Waals surface area contributed by atoms with Gasteiger partial charge < -0.3 is 10.2 Å². The van der Waals surface area contributed by atoms with Gasteiger partial charge in [-0.3, -0.25) is 5.84 Å². The Kier molecular flexibility index (Phi) is 5.30. The van der Waals surface area contributed by atoms with Crippen molar-refractivity contribution in [2.24, 2.45) is 5.84 Å². The molecule has 20 heavy (non-hydrogen) atoms. The molecule has 0 unspecified atom stereocenters. The molecule has 0 atom stereocenters. The van der Waals surface area contributed by atoms with Crippen LogP contribution in [0.2, 0.25) is 0 Å². The molecular weight excluding hydrogens is 286 g/mol. The molecule has 0 bridgehead atoms. The Morgan fingerprint density at radius 1 is 1.10 bits per heavy atom. The average Bonchev–Trinajstić information content (AvgIpc) is 2.35. The standard InChI is InChI=1S/C14H14F2N2O.ClH/c1-8-6-10(7-9(2)14(8)18-17)19-12-5-3-4-11(15)13(12)16;/h3-7,18H,17H2,1-2H3;1H. The van der Waals surface area contributed by atoms with E-state index < -0.39 is 11.6 Å². The third-order valence-electron chi connectivity index (χ3n) is 2.79.